The number of ether oxygens (including phenoxy) is 1. The number of carbonyl (C=O) groups excluding carboxylic acids is 1. The molecular formula is C20H15NO2. The van der Waals surface area contributed by atoms with E-state index < -0.39 is 0 Å². The summed E-state index contributed by atoms with van der Waals surface area (Å²) in [5, 5.41) is 3.32. The minimum Gasteiger partial charge on any atom is -0.488 e. The normalized spacial score (nSPS) is 12.6. The Labute approximate surface area is 134 Å². The molecule has 0 bridgehead atoms. The van der Waals surface area contributed by atoms with E-state index in [1.807, 2.05) is 72.8 Å². The predicted molar refractivity (Wildman–Crippen MR) is 90.4 cm³/mol. The number of anilines is 2. The van der Waals surface area contributed by atoms with Crippen molar-refractivity contribution in [3.8, 4) is 5.75 Å². The lowest BCUT2D eigenvalue weighted by Crippen LogP contribution is -2.02. The van der Waals surface area contributed by atoms with E-state index in [0.717, 1.165) is 22.5 Å². The summed E-state index contributed by atoms with van der Waals surface area (Å²) in [5.74, 6) is 0.631. The standard InChI is InChI=1S/C20H15NO2/c22-20-17-9-5-4-6-14(17)13-23-19-12-16(10-11-18(19)20)21-15-7-2-1-3-8-15/h1-12,21H,13H2. The molecule has 0 amide bonds. The van der Waals surface area contributed by atoms with Gasteiger partial charge in [-0.1, -0.05) is 42.5 Å². The van der Waals surface area contributed by atoms with Crippen LogP contribution in [-0.2, 0) is 6.61 Å². The Morgan fingerprint density at radius 2 is 1.57 bits per heavy atom. The molecular weight excluding hydrogens is 286 g/mol. The lowest BCUT2D eigenvalue weighted by Gasteiger charge is -2.11. The van der Waals surface area contributed by atoms with Crippen LogP contribution in [0.1, 0.15) is 21.5 Å². The molecule has 3 nitrogen and oxygen atoms in total. The van der Waals surface area contributed by atoms with E-state index in [1.54, 1.807) is 0 Å². The highest BCUT2D eigenvalue weighted by molar-refractivity contribution is 6.12. The molecule has 0 aliphatic carbocycles. The van der Waals surface area contributed by atoms with Gasteiger partial charge in [0, 0.05) is 28.6 Å². The van der Waals surface area contributed by atoms with Crippen LogP contribution in [0.2, 0.25) is 0 Å². The fourth-order valence-electron chi connectivity index (χ4n) is 2.76. The molecule has 0 saturated heterocycles. The van der Waals surface area contributed by atoms with Gasteiger partial charge in [-0.25, -0.2) is 0 Å². The van der Waals surface area contributed by atoms with Gasteiger partial charge < -0.3 is 10.1 Å². The topological polar surface area (TPSA) is 38.3 Å². The second kappa shape index (κ2) is 5.61. The highest BCUT2D eigenvalue weighted by Gasteiger charge is 2.22. The van der Waals surface area contributed by atoms with Gasteiger partial charge in [-0.05, 0) is 24.3 Å². The second-order valence-electron chi connectivity index (χ2n) is 5.48. The van der Waals surface area contributed by atoms with Crippen LogP contribution in [0.4, 0.5) is 11.4 Å². The minimum atomic E-state index is 0.0133. The van der Waals surface area contributed by atoms with Gasteiger partial charge in [0.1, 0.15) is 12.4 Å². The average Bonchev–Trinajstić information content (AvgIpc) is 2.73. The van der Waals surface area contributed by atoms with Crippen molar-refractivity contribution in [3.63, 3.8) is 0 Å². The highest BCUT2D eigenvalue weighted by atomic mass is 16.5. The van der Waals surface area contributed by atoms with E-state index in [-0.39, 0.29) is 5.78 Å². The molecule has 0 unspecified atom stereocenters. The monoisotopic (exact) mass is 301 g/mol. The quantitative estimate of drug-likeness (QED) is 0.754. The molecule has 1 heterocycles. The molecule has 0 saturated carbocycles. The molecule has 4 rings (SSSR count). The summed E-state index contributed by atoms with van der Waals surface area (Å²) in [5.41, 5.74) is 4.14. The second-order valence-corrected chi connectivity index (χ2v) is 5.48. The molecule has 1 aliphatic heterocycles. The van der Waals surface area contributed by atoms with E-state index in [0.29, 0.717) is 17.9 Å². The van der Waals surface area contributed by atoms with Crippen molar-refractivity contribution in [3.05, 3.63) is 89.5 Å². The Hall–Kier alpha value is -3.07. The third kappa shape index (κ3) is 2.57. The summed E-state index contributed by atoms with van der Waals surface area (Å²) in [6, 6.07) is 23.1. The number of benzene rings is 3. The van der Waals surface area contributed by atoms with Gasteiger partial charge in [-0.2, -0.15) is 0 Å². The Balaban J connectivity index is 1.70. The molecule has 0 atom stereocenters. The maximum atomic E-state index is 12.7. The molecule has 112 valence electrons. The number of nitrogens with one attached hydrogen (secondary N) is 1. The maximum absolute atomic E-state index is 12.7. The molecule has 1 N–H and O–H groups in total. The van der Waals surface area contributed by atoms with Gasteiger partial charge in [0.15, 0.2) is 5.78 Å². The van der Waals surface area contributed by atoms with Gasteiger partial charge in [0.2, 0.25) is 0 Å². The van der Waals surface area contributed by atoms with Gasteiger partial charge in [-0.15, -0.1) is 0 Å². The SMILES string of the molecule is O=C1c2ccccc2COc2cc(Nc3ccccc3)ccc21. The first-order valence-corrected chi connectivity index (χ1v) is 7.53. The molecule has 0 radical (unpaired) electrons. The van der Waals surface area contributed by atoms with E-state index in [2.05, 4.69) is 5.32 Å². The lowest BCUT2D eigenvalue weighted by atomic mass is 9.99. The maximum Gasteiger partial charge on any atom is 0.197 e. The van der Waals surface area contributed by atoms with Gasteiger partial charge in [0.05, 0.1) is 5.56 Å². The van der Waals surface area contributed by atoms with E-state index in [4.69, 9.17) is 4.74 Å². The average molecular weight is 301 g/mol. The molecule has 0 aromatic heterocycles. The van der Waals surface area contributed by atoms with Crippen molar-refractivity contribution < 1.29 is 9.53 Å². The third-order valence-corrected chi connectivity index (χ3v) is 3.93. The molecule has 3 aromatic rings. The fourth-order valence-corrected chi connectivity index (χ4v) is 2.76. The van der Waals surface area contributed by atoms with Crippen molar-refractivity contribution in [2.45, 2.75) is 6.61 Å². The van der Waals surface area contributed by atoms with Crippen LogP contribution < -0.4 is 10.1 Å². The molecule has 3 aromatic carbocycles. The Kier molecular flexibility index (Phi) is 3.31. The first-order chi connectivity index (χ1) is 11.3. The first-order valence-electron chi connectivity index (χ1n) is 7.53. The number of hydrogen-bond acceptors (Lipinski definition) is 3. The zero-order valence-electron chi connectivity index (χ0n) is 12.5. The number of ketones is 1. The van der Waals surface area contributed by atoms with Crippen molar-refractivity contribution >= 4 is 17.2 Å². The van der Waals surface area contributed by atoms with Crippen molar-refractivity contribution in [1.29, 1.82) is 0 Å². The van der Waals surface area contributed by atoms with Crippen molar-refractivity contribution in [2.24, 2.45) is 0 Å². The first kappa shape index (κ1) is 13.6. The highest BCUT2D eigenvalue weighted by Crippen LogP contribution is 2.31. The fraction of sp³-hybridized carbons (Fsp3) is 0.0500. The summed E-state index contributed by atoms with van der Waals surface area (Å²) in [6.07, 6.45) is 0. The van der Waals surface area contributed by atoms with E-state index in [1.165, 1.54) is 0 Å². The van der Waals surface area contributed by atoms with E-state index in [9.17, 15) is 4.79 Å². The van der Waals surface area contributed by atoms with Gasteiger partial charge >= 0.3 is 0 Å². The van der Waals surface area contributed by atoms with Crippen LogP contribution in [0.5, 0.6) is 5.75 Å². The Morgan fingerprint density at radius 1 is 0.783 bits per heavy atom. The number of rotatable bonds is 2. The summed E-state index contributed by atoms with van der Waals surface area (Å²) < 4.78 is 5.86. The Morgan fingerprint density at radius 3 is 2.43 bits per heavy atom. The number of carbonyl (C=O) groups is 1. The van der Waals surface area contributed by atoms with E-state index >= 15 is 0 Å². The van der Waals surface area contributed by atoms with Crippen LogP contribution in [0.3, 0.4) is 0 Å². The molecule has 3 heteroatoms. The number of fused-ring (bicyclic) bond motifs is 2. The third-order valence-electron chi connectivity index (χ3n) is 3.93. The molecule has 0 fully saturated rings. The number of hydrogen-bond donors (Lipinski definition) is 1. The van der Waals surface area contributed by atoms with Gasteiger partial charge in [-0.3, -0.25) is 4.79 Å². The summed E-state index contributed by atoms with van der Waals surface area (Å²) in [4.78, 5) is 12.7. The zero-order valence-corrected chi connectivity index (χ0v) is 12.5. The van der Waals surface area contributed by atoms with Crippen LogP contribution in [0.15, 0.2) is 72.8 Å². The van der Waals surface area contributed by atoms with Crippen molar-refractivity contribution in [1.82, 2.24) is 0 Å². The molecule has 1 aliphatic rings. The smallest absolute Gasteiger partial charge is 0.197 e. The van der Waals surface area contributed by atoms with Crippen LogP contribution in [-0.4, -0.2) is 5.78 Å². The zero-order chi connectivity index (χ0) is 15.6. The van der Waals surface area contributed by atoms with Crippen LogP contribution in [0, 0.1) is 0 Å². The lowest BCUT2D eigenvalue weighted by molar-refractivity contribution is 0.103. The molecule has 23 heavy (non-hydrogen) atoms. The van der Waals surface area contributed by atoms with Crippen LogP contribution in [0.25, 0.3) is 0 Å². The predicted octanol–water partition coefficient (Wildman–Crippen LogP) is 4.55. The van der Waals surface area contributed by atoms with Gasteiger partial charge in [0.25, 0.3) is 0 Å². The summed E-state index contributed by atoms with van der Waals surface area (Å²) in [7, 11) is 0. The largest absolute Gasteiger partial charge is 0.488 e. The van der Waals surface area contributed by atoms with Crippen LogP contribution >= 0.6 is 0 Å². The Bertz CT molecular complexity index is 872. The summed E-state index contributed by atoms with van der Waals surface area (Å²) >= 11 is 0. The summed E-state index contributed by atoms with van der Waals surface area (Å²) in [6.45, 7) is 0.406. The minimum absolute atomic E-state index is 0.0133. The van der Waals surface area contributed by atoms with Crippen molar-refractivity contribution in [2.75, 3.05) is 5.32 Å². The number of para-hydroxylation sites is 1. The molecule has 0 spiro atoms.